The van der Waals surface area contributed by atoms with Crippen molar-refractivity contribution in [1.82, 2.24) is 9.55 Å². The number of aliphatic hydroxyl groups is 1. The zero-order valence-corrected chi connectivity index (χ0v) is 30.1. The molecule has 0 aliphatic carbocycles. The minimum absolute atomic E-state index is 0.00528. The number of carbonyl (C=O) groups excluding carboxylic acids is 1. The minimum atomic E-state index is -1.83. The highest BCUT2D eigenvalue weighted by Crippen LogP contribution is 2.50. The van der Waals surface area contributed by atoms with Crippen LogP contribution in [0.2, 0.25) is 0 Å². The van der Waals surface area contributed by atoms with E-state index in [1.165, 1.54) is 12.3 Å². The van der Waals surface area contributed by atoms with Crippen molar-refractivity contribution in [2.75, 3.05) is 20.0 Å². The average molecular weight is 745 g/mol. The maximum atomic E-state index is 14.3. The molecule has 1 saturated heterocycles. The van der Waals surface area contributed by atoms with Gasteiger partial charge in [-0.25, -0.2) is 9.59 Å². The van der Waals surface area contributed by atoms with Gasteiger partial charge < -0.3 is 29.8 Å². The van der Waals surface area contributed by atoms with Crippen LogP contribution in [0.25, 0.3) is 0 Å². The van der Waals surface area contributed by atoms with Gasteiger partial charge in [-0.15, -0.1) is 4.52 Å². The van der Waals surface area contributed by atoms with E-state index in [-0.39, 0.29) is 11.4 Å². The molecule has 6 atom stereocenters. The Kier molecular flexibility index (Phi) is 11.2. The molecule has 3 N–H and O–H groups in total. The molecule has 0 bridgehead atoms. The highest BCUT2D eigenvalue weighted by molar-refractivity contribution is 8.54. The molecule has 4 aromatic carbocycles. The number of carbonyl (C=O) groups is 1. The topological polar surface area (TPSA) is 144 Å². The van der Waals surface area contributed by atoms with E-state index in [2.05, 4.69) is 17.2 Å². The lowest BCUT2D eigenvalue weighted by Crippen LogP contribution is -2.54. The summed E-state index contributed by atoms with van der Waals surface area (Å²) in [5.74, 6) is 0.531. The van der Waals surface area contributed by atoms with E-state index >= 15 is 0 Å². The molecule has 0 saturated carbocycles. The normalized spacial score (nSPS) is 19.6. The van der Waals surface area contributed by atoms with Crippen LogP contribution < -0.4 is 20.9 Å². The summed E-state index contributed by atoms with van der Waals surface area (Å²) in [6, 6.07) is 34.2. The number of thiol groups is 1. The summed E-state index contributed by atoms with van der Waals surface area (Å²) in [7, 11) is 3.14. The van der Waals surface area contributed by atoms with Crippen LogP contribution >= 0.6 is 18.4 Å². The molecule has 2 unspecified atom stereocenters. The Labute approximate surface area is 305 Å². The Morgan fingerprint density at radius 2 is 1.43 bits per heavy atom. The number of aromatic nitrogens is 2. The molecule has 262 valence electrons. The summed E-state index contributed by atoms with van der Waals surface area (Å²) in [5.41, 5.74) is 6.01. The number of esters is 1. The van der Waals surface area contributed by atoms with Gasteiger partial charge in [-0.2, -0.15) is 4.98 Å². The smallest absolute Gasteiger partial charge is 0.411 e. The number of aliphatic hydroxyl groups excluding tert-OH is 1. The van der Waals surface area contributed by atoms with Crippen molar-refractivity contribution >= 4 is 42.0 Å². The second kappa shape index (κ2) is 15.7. The molecule has 1 aromatic heterocycles. The van der Waals surface area contributed by atoms with Crippen molar-refractivity contribution in [2.24, 2.45) is 0 Å². The van der Waals surface area contributed by atoms with Gasteiger partial charge in [0, 0.05) is 6.20 Å². The van der Waals surface area contributed by atoms with Crippen LogP contribution in [-0.2, 0) is 31.2 Å². The Hall–Kier alpha value is -4.62. The first kappa shape index (κ1) is 36.2. The largest absolute Gasteiger partial charge is 0.497 e. The number of hydrogen-bond donors (Lipinski definition) is 3. The van der Waals surface area contributed by atoms with Gasteiger partial charge in [0.1, 0.15) is 47.9 Å². The van der Waals surface area contributed by atoms with Crippen LogP contribution in [0.3, 0.4) is 0 Å². The Bertz CT molecular complexity index is 1990. The highest BCUT2D eigenvalue weighted by Gasteiger charge is 2.60. The number of anilines is 1. The number of nitrogens with two attached hydrogens (primary N) is 1. The second-order valence-corrected chi connectivity index (χ2v) is 15.2. The molecular weight excluding hydrogens is 710 g/mol. The molecule has 11 nitrogen and oxygen atoms in total. The molecule has 6 rings (SSSR count). The maximum Gasteiger partial charge on any atom is 0.411 e. The van der Waals surface area contributed by atoms with E-state index in [9.17, 15) is 14.7 Å². The second-order valence-electron chi connectivity index (χ2n) is 11.7. The van der Waals surface area contributed by atoms with E-state index in [1.807, 2.05) is 78.9 Å². The first-order valence-corrected chi connectivity index (χ1v) is 19.2. The zero-order chi connectivity index (χ0) is 36.1. The quantitative estimate of drug-likeness (QED) is 0.0650. The third-order valence-corrected chi connectivity index (χ3v) is 9.84. The van der Waals surface area contributed by atoms with Crippen LogP contribution in [0.5, 0.6) is 11.5 Å². The van der Waals surface area contributed by atoms with Crippen LogP contribution in [0.15, 0.2) is 126 Å². The van der Waals surface area contributed by atoms with Gasteiger partial charge in [0.25, 0.3) is 0 Å². The van der Waals surface area contributed by atoms with Gasteiger partial charge in [-0.3, -0.25) is 4.57 Å². The summed E-state index contributed by atoms with van der Waals surface area (Å²) in [6.45, 7) is 0. The van der Waals surface area contributed by atoms with Crippen molar-refractivity contribution in [3.05, 3.63) is 154 Å². The van der Waals surface area contributed by atoms with Gasteiger partial charge in [-0.1, -0.05) is 72.8 Å². The number of ether oxygens (including phenoxy) is 4. The molecule has 1 fully saturated rings. The number of nitrogens with zero attached hydrogens (tertiary/aromatic N) is 2. The Morgan fingerprint density at radius 1 is 0.902 bits per heavy atom. The molecule has 14 heteroatoms. The van der Waals surface area contributed by atoms with E-state index in [1.54, 1.807) is 44.6 Å². The van der Waals surface area contributed by atoms with E-state index in [0.717, 1.165) is 4.57 Å². The van der Waals surface area contributed by atoms with Crippen molar-refractivity contribution < 1.29 is 33.4 Å². The van der Waals surface area contributed by atoms with Gasteiger partial charge in [0.15, 0.2) is 12.3 Å². The van der Waals surface area contributed by atoms with Crippen LogP contribution in [0.1, 0.15) is 33.3 Å². The Balaban J connectivity index is 1.67. The summed E-state index contributed by atoms with van der Waals surface area (Å²) in [5, 5.41) is 11.9. The summed E-state index contributed by atoms with van der Waals surface area (Å²) in [6.07, 6.45) is -7.07. The molecule has 0 spiro atoms. The predicted molar refractivity (Wildman–Crippen MR) is 199 cm³/mol. The maximum absolute atomic E-state index is 14.3. The first-order valence-electron chi connectivity index (χ1n) is 15.8. The molecular formula is C37H35N3O8PS2+. The molecule has 1 aliphatic rings. The van der Waals surface area contributed by atoms with E-state index < -0.39 is 53.8 Å². The van der Waals surface area contributed by atoms with Crippen molar-refractivity contribution in [3.8, 4) is 11.5 Å². The van der Waals surface area contributed by atoms with E-state index in [4.69, 9.17) is 41.0 Å². The molecule has 2 heterocycles. The van der Waals surface area contributed by atoms with Gasteiger partial charge in [0.2, 0.25) is 11.8 Å². The summed E-state index contributed by atoms with van der Waals surface area (Å²) < 4.78 is 31.7. The van der Waals surface area contributed by atoms with Crippen molar-refractivity contribution in [3.63, 3.8) is 0 Å². The average Bonchev–Trinajstić information content (AvgIpc) is 3.46. The minimum Gasteiger partial charge on any atom is -0.497 e. The van der Waals surface area contributed by atoms with Crippen molar-refractivity contribution in [2.45, 2.75) is 36.1 Å². The number of benzene rings is 4. The molecule has 0 radical (unpaired) electrons. The number of rotatable bonds is 12. The lowest BCUT2D eigenvalue weighted by atomic mass is 9.63. The SMILES string of the molecule is COc1ccc(C(c2ccccc2)(c2ccc(OC)cc2)C(OC(=O)c2ccccc2)[C@H]2O[C@@H](n3ccc(N)nc3=O)[C@H](O)[C@@H]2O[P+](=S)S)cc1. The number of hydrogen-bond acceptors (Lipinski definition) is 11. The van der Waals surface area contributed by atoms with Crippen LogP contribution in [0.4, 0.5) is 5.82 Å². The molecule has 5 aromatic rings. The third kappa shape index (κ3) is 7.27. The van der Waals surface area contributed by atoms with Gasteiger partial charge in [0.05, 0.1) is 25.2 Å². The highest BCUT2D eigenvalue weighted by atomic mass is 32.9. The summed E-state index contributed by atoms with van der Waals surface area (Å²) in [4.78, 5) is 31.2. The number of methoxy groups -OCH3 is 2. The molecule has 1 aliphatic heterocycles. The Morgan fingerprint density at radius 3 is 1.94 bits per heavy atom. The molecule has 51 heavy (non-hydrogen) atoms. The van der Waals surface area contributed by atoms with Crippen LogP contribution in [0, 0.1) is 0 Å². The fourth-order valence-electron chi connectivity index (χ4n) is 6.56. The standard InChI is InChI=1S/C37H34N3O8PS2/c1-44-27-17-13-25(14-18-27)37(24-11-7-4-8-12-24,26-15-19-28(45-2)20-16-26)33(47-35(42)23-9-5-3-6-10-23)32-31(48-49(50)51)30(41)34(46-32)40-22-21-29(38)39-36(40)43/h3-22,30-34,41H,1-2H3,(H2-,38,39,43,50,51)/p+1/t30-,31+,32+,33?,34-/m1/s1. The van der Waals surface area contributed by atoms with Gasteiger partial charge in [-0.05, 0) is 59.2 Å². The lowest BCUT2D eigenvalue weighted by molar-refractivity contribution is -0.102. The summed E-state index contributed by atoms with van der Waals surface area (Å²) >= 11 is 9.79. The van der Waals surface area contributed by atoms with Gasteiger partial charge >= 0.3 is 17.8 Å². The fourth-order valence-corrected chi connectivity index (χ4v) is 7.63. The number of nitrogen functional groups attached to an aromatic ring is 1. The molecule has 0 amide bonds. The monoisotopic (exact) mass is 744 g/mol. The van der Waals surface area contributed by atoms with E-state index in [0.29, 0.717) is 28.2 Å². The predicted octanol–water partition coefficient (Wildman–Crippen LogP) is 5.45. The lowest BCUT2D eigenvalue weighted by Gasteiger charge is -2.44. The third-order valence-electron chi connectivity index (χ3n) is 8.88. The van der Waals surface area contributed by atoms with Crippen LogP contribution in [-0.4, -0.2) is 59.3 Å². The zero-order valence-electron chi connectivity index (χ0n) is 27.5. The first-order chi connectivity index (χ1) is 24.7. The van der Waals surface area contributed by atoms with Crippen molar-refractivity contribution in [1.29, 1.82) is 0 Å². The fraction of sp³-hybridized carbons (Fsp3) is 0.216.